The summed E-state index contributed by atoms with van der Waals surface area (Å²) in [5, 5.41) is 0. The van der Waals surface area contributed by atoms with Crippen molar-refractivity contribution in [2.45, 2.75) is 6.92 Å². The molecule has 2 aromatic rings. The highest BCUT2D eigenvalue weighted by Crippen LogP contribution is 2.20. The second-order valence-electron chi connectivity index (χ2n) is 4.70. The van der Waals surface area contributed by atoms with Gasteiger partial charge in [-0.25, -0.2) is 30.7 Å². The topological polar surface area (TPSA) is 9.23 Å². The molecule has 0 aliphatic rings. The summed E-state index contributed by atoms with van der Waals surface area (Å²) in [6.45, 7) is 0.809. The first-order chi connectivity index (χ1) is 10.7. The molecule has 0 bridgehead atoms. The van der Waals surface area contributed by atoms with Gasteiger partial charge in [0, 0.05) is 17.1 Å². The third kappa shape index (κ3) is 2.75. The maximum atomic E-state index is 13.8. The van der Waals surface area contributed by atoms with Crippen LogP contribution in [0.15, 0.2) is 6.07 Å². The minimum Gasteiger partial charge on any atom is -0.494 e. The summed E-state index contributed by atoms with van der Waals surface area (Å²) in [6, 6.07) is 0.181. The van der Waals surface area contributed by atoms with Crippen LogP contribution in [0.3, 0.4) is 0 Å². The molecule has 0 aliphatic heterocycles. The normalized spacial score (nSPS) is 10.8. The quantitative estimate of drug-likeness (QED) is 0.475. The van der Waals surface area contributed by atoms with Gasteiger partial charge in [0.25, 0.3) is 0 Å². The Kier molecular flexibility index (Phi) is 4.58. The largest absolute Gasteiger partial charge is 0.494 e. The van der Waals surface area contributed by atoms with Gasteiger partial charge in [-0.2, -0.15) is 0 Å². The van der Waals surface area contributed by atoms with Crippen LogP contribution in [0.1, 0.15) is 5.56 Å². The Labute approximate surface area is 126 Å². The molecule has 0 aliphatic carbocycles. The molecule has 0 spiro atoms. The van der Waals surface area contributed by atoms with Crippen LogP contribution in [-0.2, 0) is 0 Å². The SMILES string of the molecule is COc1c(F)cc(F)c(F)c1Bc1c(F)c(F)c(C)c(F)c1F. The van der Waals surface area contributed by atoms with Crippen molar-refractivity contribution in [3.05, 3.63) is 52.4 Å². The highest BCUT2D eigenvalue weighted by atomic mass is 19.2. The highest BCUT2D eigenvalue weighted by molar-refractivity contribution is 6.68. The Morgan fingerprint density at radius 3 is 1.74 bits per heavy atom. The van der Waals surface area contributed by atoms with Crippen molar-refractivity contribution >= 4 is 18.2 Å². The molecule has 23 heavy (non-hydrogen) atoms. The van der Waals surface area contributed by atoms with Gasteiger partial charge >= 0.3 is 0 Å². The Hall–Kier alpha value is -2.19. The first-order valence-electron chi connectivity index (χ1n) is 6.22. The van der Waals surface area contributed by atoms with E-state index < -0.39 is 70.2 Å². The van der Waals surface area contributed by atoms with Crippen LogP contribution in [0.4, 0.5) is 30.7 Å². The van der Waals surface area contributed by atoms with Crippen molar-refractivity contribution in [2.24, 2.45) is 0 Å². The maximum absolute atomic E-state index is 13.8. The van der Waals surface area contributed by atoms with E-state index in [9.17, 15) is 30.7 Å². The molecule has 0 heterocycles. The first-order valence-corrected chi connectivity index (χ1v) is 6.22. The summed E-state index contributed by atoms with van der Waals surface area (Å²) < 4.78 is 99.9. The number of hydrogen-bond acceptors (Lipinski definition) is 1. The Morgan fingerprint density at radius 1 is 0.739 bits per heavy atom. The average molecular weight is 336 g/mol. The standard InChI is InChI=1S/C14H8BF7O/c1-4-9(18)12(21)7(13(22)10(4)19)15-8-11(20)5(16)3-6(17)14(8)23-2/h3,15H,1-2H3. The molecule has 2 aromatic carbocycles. The summed E-state index contributed by atoms with van der Waals surface area (Å²) in [5.74, 6) is -12.3. The van der Waals surface area contributed by atoms with Crippen LogP contribution in [-0.4, -0.2) is 14.4 Å². The van der Waals surface area contributed by atoms with Gasteiger partial charge in [-0.3, -0.25) is 0 Å². The lowest BCUT2D eigenvalue weighted by Crippen LogP contribution is -2.38. The molecule has 0 saturated carbocycles. The molecule has 0 fully saturated rings. The maximum Gasteiger partial charge on any atom is 0.209 e. The van der Waals surface area contributed by atoms with Gasteiger partial charge in [0.1, 0.15) is 0 Å². The molecule has 1 nitrogen and oxygen atoms in total. The van der Waals surface area contributed by atoms with E-state index in [-0.39, 0.29) is 6.07 Å². The van der Waals surface area contributed by atoms with E-state index in [2.05, 4.69) is 4.74 Å². The second kappa shape index (κ2) is 6.13. The molecule has 0 N–H and O–H groups in total. The highest BCUT2D eigenvalue weighted by Gasteiger charge is 2.28. The van der Waals surface area contributed by atoms with Gasteiger partial charge in [-0.1, -0.05) is 0 Å². The molecular formula is C14H8BF7O. The van der Waals surface area contributed by atoms with Gasteiger partial charge in [0.15, 0.2) is 46.5 Å². The average Bonchev–Trinajstić information content (AvgIpc) is 2.52. The van der Waals surface area contributed by atoms with Gasteiger partial charge in [-0.15, -0.1) is 0 Å². The number of hydrogen-bond donors (Lipinski definition) is 0. The van der Waals surface area contributed by atoms with Gasteiger partial charge in [0.2, 0.25) is 7.28 Å². The van der Waals surface area contributed by atoms with Gasteiger partial charge in [0.05, 0.1) is 7.11 Å². The van der Waals surface area contributed by atoms with E-state index in [1.807, 2.05) is 0 Å². The minimum absolute atomic E-state index is 0.181. The van der Waals surface area contributed by atoms with Crippen molar-refractivity contribution < 1.29 is 35.5 Å². The lowest BCUT2D eigenvalue weighted by molar-refractivity contribution is 0.381. The molecule has 0 saturated heterocycles. The van der Waals surface area contributed by atoms with E-state index in [0.717, 1.165) is 14.0 Å². The predicted octanol–water partition coefficient (Wildman–Crippen LogP) is 2.36. The van der Waals surface area contributed by atoms with Crippen molar-refractivity contribution in [2.75, 3.05) is 7.11 Å². The Bertz CT molecular complexity index is 763. The van der Waals surface area contributed by atoms with Crippen LogP contribution in [0.25, 0.3) is 0 Å². The van der Waals surface area contributed by atoms with Crippen LogP contribution >= 0.6 is 0 Å². The number of ether oxygens (including phenoxy) is 1. The lowest BCUT2D eigenvalue weighted by atomic mass is 9.62. The molecule has 122 valence electrons. The third-order valence-corrected chi connectivity index (χ3v) is 3.35. The molecule has 0 unspecified atom stereocenters. The summed E-state index contributed by atoms with van der Waals surface area (Å²) in [7, 11) is -0.224. The summed E-state index contributed by atoms with van der Waals surface area (Å²) in [4.78, 5) is 0. The monoisotopic (exact) mass is 336 g/mol. The smallest absolute Gasteiger partial charge is 0.209 e. The Balaban J connectivity index is 2.70. The zero-order valence-electron chi connectivity index (χ0n) is 11.8. The fourth-order valence-electron chi connectivity index (χ4n) is 2.13. The van der Waals surface area contributed by atoms with E-state index in [4.69, 9.17) is 0 Å². The number of methoxy groups -OCH3 is 1. The predicted molar refractivity (Wildman–Crippen MR) is 70.3 cm³/mol. The number of benzene rings is 2. The van der Waals surface area contributed by atoms with E-state index in [1.165, 1.54) is 0 Å². The zero-order valence-corrected chi connectivity index (χ0v) is 11.8. The van der Waals surface area contributed by atoms with Crippen LogP contribution < -0.4 is 15.7 Å². The van der Waals surface area contributed by atoms with Crippen molar-refractivity contribution in [3.63, 3.8) is 0 Å². The van der Waals surface area contributed by atoms with Crippen molar-refractivity contribution in [1.82, 2.24) is 0 Å². The molecule has 0 aromatic heterocycles. The van der Waals surface area contributed by atoms with Gasteiger partial charge in [-0.05, 0) is 12.4 Å². The van der Waals surface area contributed by atoms with Crippen LogP contribution in [0.5, 0.6) is 5.75 Å². The summed E-state index contributed by atoms with van der Waals surface area (Å²) in [5.41, 5.74) is -3.00. The molecule has 0 amide bonds. The van der Waals surface area contributed by atoms with Crippen LogP contribution in [0.2, 0.25) is 0 Å². The Morgan fingerprint density at radius 2 is 1.26 bits per heavy atom. The van der Waals surface area contributed by atoms with Crippen molar-refractivity contribution in [3.8, 4) is 5.75 Å². The third-order valence-electron chi connectivity index (χ3n) is 3.35. The number of rotatable bonds is 3. The van der Waals surface area contributed by atoms with E-state index >= 15 is 0 Å². The molecule has 0 atom stereocenters. The summed E-state index contributed by atoms with van der Waals surface area (Å²) >= 11 is 0. The number of halogens is 7. The fraction of sp³-hybridized carbons (Fsp3) is 0.143. The second-order valence-corrected chi connectivity index (χ2v) is 4.70. The summed E-state index contributed by atoms with van der Waals surface area (Å²) in [6.07, 6.45) is 0. The molecular weight excluding hydrogens is 328 g/mol. The van der Waals surface area contributed by atoms with Crippen LogP contribution in [0, 0.1) is 47.6 Å². The van der Waals surface area contributed by atoms with Crippen molar-refractivity contribution in [1.29, 1.82) is 0 Å². The lowest BCUT2D eigenvalue weighted by Gasteiger charge is -2.13. The minimum atomic E-state index is -1.77. The fourth-order valence-corrected chi connectivity index (χ4v) is 2.13. The molecule has 0 radical (unpaired) electrons. The van der Waals surface area contributed by atoms with E-state index in [0.29, 0.717) is 0 Å². The molecule has 9 heteroatoms. The first kappa shape index (κ1) is 17.2. The zero-order chi connectivity index (χ0) is 17.5. The molecule has 2 rings (SSSR count). The van der Waals surface area contributed by atoms with E-state index in [1.54, 1.807) is 0 Å². The van der Waals surface area contributed by atoms with Gasteiger partial charge < -0.3 is 4.74 Å².